The van der Waals surface area contributed by atoms with Crippen LogP contribution in [0.4, 0.5) is 19.3 Å². The van der Waals surface area contributed by atoms with E-state index in [0.29, 0.717) is 6.54 Å². The van der Waals surface area contributed by atoms with Crippen molar-refractivity contribution in [2.45, 2.75) is 13.1 Å². The number of urea groups is 1. The zero-order chi connectivity index (χ0) is 17.7. The molecule has 0 saturated heterocycles. The van der Waals surface area contributed by atoms with E-state index in [1.165, 1.54) is 4.90 Å². The van der Waals surface area contributed by atoms with Crippen molar-refractivity contribution in [2.75, 3.05) is 26.0 Å². The fraction of sp³-hybridized carbons (Fsp3) is 0.278. The lowest BCUT2D eigenvalue weighted by Crippen LogP contribution is -2.36. The number of anilines is 1. The molecule has 24 heavy (non-hydrogen) atoms. The molecule has 1 N–H and O–H groups in total. The first kappa shape index (κ1) is 17.7. The average molecular weight is 333 g/mol. The van der Waals surface area contributed by atoms with E-state index in [0.717, 1.165) is 29.4 Å². The largest absolute Gasteiger partial charge is 0.378 e. The van der Waals surface area contributed by atoms with Crippen LogP contribution in [0.1, 0.15) is 11.1 Å². The van der Waals surface area contributed by atoms with Crippen molar-refractivity contribution >= 4 is 11.7 Å². The Morgan fingerprint density at radius 2 is 1.71 bits per heavy atom. The van der Waals surface area contributed by atoms with Gasteiger partial charge in [0.15, 0.2) is 0 Å². The van der Waals surface area contributed by atoms with Crippen LogP contribution in [0.25, 0.3) is 0 Å². The van der Waals surface area contributed by atoms with E-state index in [4.69, 9.17) is 0 Å². The van der Waals surface area contributed by atoms with Crippen molar-refractivity contribution in [3.05, 3.63) is 65.2 Å². The monoisotopic (exact) mass is 333 g/mol. The van der Waals surface area contributed by atoms with Gasteiger partial charge in [0.05, 0.1) is 0 Å². The summed E-state index contributed by atoms with van der Waals surface area (Å²) in [5.74, 6) is -1.08. The summed E-state index contributed by atoms with van der Waals surface area (Å²) in [5, 5.41) is 2.59. The van der Waals surface area contributed by atoms with Crippen LogP contribution in [0.2, 0.25) is 0 Å². The minimum Gasteiger partial charge on any atom is -0.378 e. The van der Waals surface area contributed by atoms with Crippen LogP contribution in [0, 0.1) is 11.6 Å². The van der Waals surface area contributed by atoms with Gasteiger partial charge in [-0.15, -0.1) is 0 Å². The van der Waals surface area contributed by atoms with E-state index in [9.17, 15) is 13.6 Å². The summed E-state index contributed by atoms with van der Waals surface area (Å²) in [6.07, 6.45) is 0. The molecule has 4 nitrogen and oxygen atoms in total. The molecule has 0 fully saturated rings. The van der Waals surface area contributed by atoms with E-state index in [-0.39, 0.29) is 18.1 Å². The second-order valence-electron chi connectivity index (χ2n) is 5.81. The van der Waals surface area contributed by atoms with Crippen LogP contribution < -0.4 is 10.2 Å². The molecule has 0 aromatic heterocycles. The molecule has 0 aliphatic rings. The molecule has 128 valence electrons. The van der Waals surface area contributed by atoms with E-state index in [1.807, 2.05) is 43.3 Å². The molecule has 0 saturated carbocycles. The Morgan fingerprint density at radius 3 is 2.33 bits per heavy atom. The smallest absolute Gasteiger partial charge is 0.317 e. The SMILES string of the molecule is CN(Cc1ccc(N(C)C)cc1)C(=O)NCc1cc(F)ccc1F. The molecule has 2 aromatic carbocycles. The molecule has 0 atom stereocenters. The average Bonchev–Trinajstić information content (AvgIpc) is 2.55. The highest BCUT2D eigenvalue weighted by molar-refractivity contribution is 5.73. The molecule has 0 aliphatic carbocycles. The lowest BCUT2D eigenvalue weighted by molar-refractivity contribution is 0.206. The Kier molecular flexibility index (Phi) is 5.73. The minimum absolute atomic E-state index is 0.0632. The van der Waals surface area contributed by atoms with Gasteiger partial charge in [-0.2, -0.15) is 0 Å². The summed E-state index contributed by atoms with van der Waals surface area (Å²) in [4.78, 5) is 15.6. The van der Waals surface area contributed by atoms with Crippen molar-refractivity contribution in [3.8, 4) is 0 Å². The Balaban J connectivity index is 1.91. The lowest BCUT2D eigenvalue weighted by atomic mass is 10.2. The number of rotatable bonds is 5. The van der Waals surface area contributed by atoms with Gasteiger partial charge in [-0.05, 0) is 35.9 Å². The van der Waals surface area contributed by atoms with Crippen LogP contribution >= 0.6 is 0 Å². The molecule has 0 aliphatic heterocycles. The van der Waals surface area contributed by atoms with Crippen molar-refractivity contribution in [1.82, 2.24) is 10.2 Å². The first-order valence-electron chi connectivity index (χ1n) is 7.56. The third-order valence-corrected chi connectivity index (χ3v) is 3.66. The highest BCUT2D eigenvalue weighted by atomic mass is 19.1. The summed E-state index contributed by atoms with van der Waals surface area (Å²) in [6, 6.07) is 10.7. The fourth-order valence-electron chi connectivity index (χ4n) is 2.23. The standard InChI is InChI=1S/C18H21F2N3O/c1-22(2)16-7-4-13(5-8-16)12-23(3)18(24)21-11-14-10-15(19)6-9-17(14)20/h4-10H,11-12H2,1-3H3,(H,21,24). The number of nitrogens with zero attached hydrogens (tertiary/aromatic N) is 2. The number of carbonyl (C=O) groups excluding carboxylic acids is 1. The molecule has 6 heteroatoms. The maximum Gasteiger partial charge on any atom is 0.317 e. The highest BCUT2D eigenvalue weighted by Gasteiger charge is 2.11. The van der Waals surface area contributed by atoms with Gasteiger partial charge in [0, 0.05) is 45.5 Å². The van der Waals surface area contributed by atoms with Gasteiger partial charge in [0.2, 0.25) is 0 Å². The Bertz CT molecular complexity index is 702. The maximum absolute atomic E-state index is 13.5. The predicted octanol–water partition coefficient (Wildman–Crippen LogP) is 3.37. The van der Waals surface area contributed by atoms with Crippen LogP contribution in [0.15, 0.2) is 42.5 Å². The Morgan fingerprint density at radius 1 is 1.04 bits per heavy atom. The van der Waals surface area contributed by atoms with Gasteiger partial charge in [-0.3, -0.25) is 0 Å². The van der Waals surface area contributed by atoms with E-state index in [2.05, 4.69) is 5.32 Å². The first-order chi connectivity index (χ1) is 11.4. The van der Waals surface area contributed by atoms with Crippen molar-refractivity contribution in [3.63, 3.8) is 0 Å². The molecular formula is C18H21F2N3O. The van der Waals surface area contributed by atoms with Crippen LogP contribution in [-0.2, 0) is 13.1 Å². The number of hydrogen-bond acceptors (Lipinski definition) is 2. The van der Waals surface area contributed by atoms with Crippen LogP contribution in [0.3, 0.4) is 0 Å². The third-order valence-electron chi connectivity index (χ3n) is 3.66. The molecule has 0 heterocycles. The van der Waals surface area contributed by atoms with Gasteiger partial charge < -0.3 is 15.1 Å². The zero-order valence-electron chi connectivity index (χ0n) is 14.0. The number of benzene rings is 2. The molecule has 0 radical (unpaired) electrons. The van der Waals surface area contributed by atoms with Gasteiger partial charge >= 0.3 is 6.03 Å². The molecular weight excluding hydrogens is 312 g/mol. The van der Waals surface area contributed by atoms with E-state index < -0.39 is 11.6 Å². The number of hydrogen-bond donors (Lipinski definition) is 1. The van der Waals surface area contributed by atoms with Gasteiger partial charge in [0.1, 0.15) is 11.6 Å². The summed E-state index contributed by atoms with van der Waals surface area (Å²) in [6.45, 7) is 0.359. The maximum atomic E-state index is 13.5. The summed E-state index contributed by atoms with van der Waals surface area (Å²) < 4.78 is 26.6. The summed E-state index contributed by atoms with van der Waals surface area (Å²) >= 11 is 0. The molecule has 2 rings (SSSR count). The first-order valence-corrected chi connectivity index (χ1v) is 7.56. The highest BCUT2D eigenvalue weighted by Crippen LogP contribution is 2.13. The van der Waals surface area contributed by atoms with Crippen LogP contribution in [-0.4, -0.2) is 32.1 Å². The quantitative estimate of drug-likeness (QED) is 0.910. The molecule has 2 amide bonds. The van der Waals surface area contributed by atoms with Crippen molar-refractivity contribution < 1.29 is 13.6 Å². The number of carbonyl (C=O) groups is 1. The third kappa shape index (κ3) is 4.68. The Hall–Kier alpha value is -2.63. The van der Waals surface area contributed by atoms with Crippen molar-refractivity contribution in [1.29, 1.82) is 0 Å². The number of nitrogens with one attached hydrogen (secondary N) is 1. The summed E-state index contributed by atoms with van der Waals surface area (Å²) in [5.41, 5.74) is 2.18. The lowest BCUT2D eigenvalue weighted by Gasteiger charge is -2.19. The second-order valence-corrected chi connectivity index (χ2v) is 5.81. The fourth-order valence-corrected chi connectivity index (χ4v) is 2.23. The Labute approximate surface area is 140 Å². The zero-order valence-corrected chi connectivity index (χ0v) is 14.0. The molecule has 0 bridgehead atoms. The van der Waals surface area contributed by atoms with Crippen molar-refractivity contribution in [2.24, 2.45) is 0 Å². The van der Waals surface area contributed by atoms with E-state index >= 15 is 0 Å². The molecule has 0 spiro atoms. The summed E-state index contributed by atoms with van der Waals surface area (Å²) in [7, 11) is 5.57. The molecule has 2 aromatic rings. The topological polar surface area (TPSA) is 35.6 Å². The minimum atomic E-state index is -0.543. The van der Waals surface area contributed by atoms with Crippen LogP contribution in [0.5, 0.6) is 0 Å². The van der Waals surface area contributed by atoms with Gasteiger partial charge in [-0.25, -0.2) is 13.6 Å². The number of halogens is 2. The number of amides is 2. The van der Waals surface area contributed by atoms with Gasteiger partial charge in [-0.1, -0.05) is 12.1 Å². The second kappa shape index (κ2) is 7.77. The molecule has 0 unspecified atom stereocenters. The normalized spacial score (nSPS) is 10.4. The van der Waals surface area contributed by atoms with Gasteiger partial charge in [0.25, 0.3) is 0 Å². The predicted molar refractivity (Wildman–Crippen MR) is 90.8 cm³/mol. The van der Waals surface area contributed by atoms with E-state index in [1.54, 1.807) is 7.05 Å².